The number of nitrogens with zero attached hydrogens (tertiary/aromatic N) is 1. The van der Waals surface area contributed by atoms with E-state index in [-0.39, 0.29) is 5.75 Å². The van der Waals surface area contributed by atoms with Crippen LogP contribution < -0.4 is 14.9 Å². The average Bonchev–Trinajstić information content (AvgIpc) is 2.57. The van der Waals surface area contributed by atoms with Gasteiger partial charge in [0.2, 0.25) is 0 Å². The minimum Gasteiger partial charge on any atom is -0.504 e. The lowest BCUT2D eigenvalue weighted by Gasteiger charge is -2.08. The van der Waals surface area contributed by atoms with Crippen LogP contribution in [0.2, 0.25) is 0 Å². The van der Waals surface area contributed by atoms with E-state index in [4.69, 9.17) is 9.47 Å². The van der Waals surface area contributed by atoms with Crippen molar-refractivity contribution < 1.29 is 19.4 Å². The molecule has 0 atom stereocenters. The molecular formula is C16H14Br2N2O4. The lowest BCUT2D eigenvalue weighted by molar-refractivity contribution is 0.0952. The molecule has 2 aromatic rings. The lowest BCUT2D eigenvalue weighted by Crippen LogP contribution is -2.18. The van der Waals surface area contributed by atoms with E-state index >= 15 is 0 Å². The molecule has 1 amide bonds. The highest BCUT2D eigenvalue weighted by Crippen LogP contribution is 2.32. The zero-order chi connectivity index (χ0) is 17.7. The Hall–Kier alpha value is -2.06. The number of phenolic OH excluding ortho intramolecular Hbond substituents is 1. The van der Waals surface area contributed by atoms with Gasteiger partial charge in [0.05, 0.1) is 26.0 Å². The number of carbonyl (C=O) groups excluding carboxylic acids is 1. The van der Waals surface area contributed by atoms with Gasteiger partial charge in [0.15, 0.2) is 11.5 Å². The summed E-state index contributed by atoms with van der Waals surface area (Å²) in [5.41, 5.74) is 3.12. The van der Waals surface area contributed by atoms with E-state index in [0.717, 1.165) is 4.47 Å². The molecule has 0 unspecified atom stereocenters. The summed E-state index contributed by atoms with van der Waals surface area (Å²) in [6.07, 6.45) is 1.32. The fourth-order valence-corrected chi connectivity index (χ4v) is 2.74. The van der Waals surface area contributed by atoms with Gasteiger partial charge >= 0.3 is 0 Å². The van der Waals surface area contributed by atoms with Crippen molar-refractivity contribution in [2.45, 2.75) is 0 Å². The summed E-state index contributed by atoms with van der Waals surface area (Å²) in [5, 5.41) is 13.9. The van der Waals surface area contributed by atoms with Gasteiger partial charge in [-0.05, 0) is 30.3 Å². The molecular weight excluding hydrogens is 444 g/mol. The number of hydrogen-bond acceptors (Lipinski definition) is 5. The van der Waals surface area contributed by atoms with E-state index in [1.165, 1.54) is 20.4 Å². The first-order chi connectivity index (χ1) is 11.5. The summed E-state index contributed by atoms with van der Waals surface area (Å²) in [7, 11) is 2.93. The van der Waals surface area contributed by atoms with E-state index < -0.39 is 5.91 Å². The van der Waals surface area contributed by atoms with Gasteiger partial charge in [-0.15, -0.1) is 0 Å². The van der Waals surface area contributed by atoms with Crippen molar-refractivity contribution in [1.82, 2.24) is 5.43 Å². The van der Waals surface area contributed by atoms with E-state index in [1.807, 2.05) is 0 Å². The Kier molecular flexibility index (Phi) is 6.22. The van der Waals surface area contributed by atoms with Crippen LogP contribution in [-0.4, -0.2) is 31.4 Å². The fraction of sp³-hybridized carbons (Fsp3) is 0.125. The molecule has 0 saturated heterocycles. The number of benzene rings is 2. The summed E-state index contributed by atoms with van der Waals surface area (Å²) in [4.78, 5) is 12.2. The minimum absolute atomic E-state index is 0.0706. The molecule has 2 aromatic carbocycles. The number of ether oxygens (including phenoxy) is 2. The van der Waals surface area contributed by atoms with Crippen molar-refractivity contribution in [3.8, 4) is 17.2 Å². The quantitative estimate of drug-likeness (QED) is 0.530. The number of rotatable bonds is 5. The normalized spacial score (nSPS) is 10.7. The maximum absolute atomic E-state index is 12.2. The maximum atomic E-state index is 12.2. The second-order valence-electron chi connectivity index (χ2n) is 4.59. The van der Waals surface area contributed by atoms with Crippen LogP contribution in [-0.2, 0) is 0 Å². The molecule has 126 valence electrons. The first kappa shape index (κ1) is 18.3. The zero-order valence-electron chi connectivity index (χ0n) is 12.8. The molecule has 6 nitrogen and oxygen atoms in total. The van der Waals surface area contributed by atoms with Gasteiger partial charge in [-0.25, -0.2) is 5.43 Å². The van der Waals surface area contributed by atoms with Gasteiger partial charge in [-0.1, -0.05) is 31.9 Å². The van der Waals surface area contributed by atoms with Gasteiger partial charge < -0.3 is 14.6 Å². The lowest BCUT2D eigenvalue weighted by atomic mass is 10.2. The van der Waals surface area contributed by atoms with Crippen molar-refractivity contribution in [2.24, 2.45) is 5.10 Å². The van der Waals surface area contributed by atoms with Crippen LogP contribution >= 0.6 is 31.9 Å². The van der Waals surface area contributed by atoms with E-state index in [0.29, 0.717) is 27.1 Å². The molecule has 0 radical (unpaired) electrons. The van der Waals surface area contributed by atoms with Crippen LogP contribution in [0, 0.1) is 0 Å². The summed E-state index contributed by atoms with van der Waals surface area (Å²) in [6.45, 7) is 0. The van der Waals surface area contributed by atoms with Crippen molar-refractivity contribution in [3.05, 3.63) is 50.4 Å². The van der Waals surface area contributed by atoms with E-state index in [1.54, 1.807) is 30.3 Å². The molecule has 0 bridgehead atoms. The predicted molar refractivity (Wildman–Crippen MR) is 98.1 cm³/mol. The Morgan fingerprint density at radius 3 is 2.50 bits per heavy atom. The molecule has 24 heavy (non-hydrogen) atoms. The van der Waals surface area contributed by atoms with Crippen LogP contribution in [0.3, 0.4) is 0 Å². The van der Waals surface area contributed by atoms with Gasteiger partial charge in [-0.2, -0.15) is 5.10 Å². The third kappa shape index (κ3) is 4.27. The Morgan fingerprint density at radius 1 is 1.12 bits per heavy atom. The summed E-state index contributed by atoms with van der Waals surface area (Å²) >= 11 is 6.62. The van der Waals surface area contributed by atoms with Crippen LogP contribution in [0.25, 0.3) is 0 Å². The number of phenols is 1. The molecule has 8 heteroatoms. The first-order valence-corrected chi connectivity index (χ1v) is 8.28. The van der Waals surface area contributed by atoms with E-state index in [2.05, 4.69) is 42.4 Å². The maximum Gasteiger partial charge on any atom is 0.275 e. The van der Waals surface area contributed by atoms with Crippen LogP contribution in [0.5, 0.6) is 17.2 Å². The fourth-order valence-electron chi connectivity index (χ4n) is 1.93. The highest BCUT2D eigenvalue weighted by Gasteiger charge is 2.12. The standard InChI is InChI=1S/C16H14Br2N2O4/c1-23-13-4-3-10(17)6-12(13)16(22)20-19-8-9-5-11(18)7-14(24-2)15(9)21/h3-8,21H,1-2H3,(H,20,22)/b19-8+. The molecule has 0 aliphatic carbocycles. The van der Waals surface area contributed by atoms with Gasteiger partial charge in [0.25, 0.3) is 5.91 Å². The minimum atomic E-state index is -0.439. The van der Waals surface area contributed by atoms with Gasteiger partial charge in [-0.3, -0.25) is 4.79 Å². The molecule has 2 N–H and O–H groups in total. The molecule has 0 fully saturated rings. The smallest absolute Gasteiger partial charge is 0.275 e. The largest absolute Gasteiger partial charge is 0.504 e. The highest BCUT2D eigenvalue weighted by atomic mass is 79.9. The van der Waals surface area contributed by atoms with Crippen molar-refractivity contribution in [1.29, 1.82) is 0 Å². The highest BCUT2D eigenvalue weighted by molar-refractivity contribution is 9.10. The van der Waals surface area contributed by atoms with Gasteiger partial charge in [0.1, 0.15) is 5.75 Å². The molecule has 0 aromatic heterocycles. The molecule has 0 aliphatic heterocycles. The van der Waals surface area contributed by atoms with Crippen molar-refractivity contribution in [3.63, 3.8) is 0 Å². The Labute approximate surface area is 155 Å². The van der Waals surface area contributed by atoms with Gasteiger partial charge in [0, 0.05) is 14.5 Å². The number of carbonyl (C=O) groups is 1. The number of nitrogens with one attached hydrogen (secondary N) is 1. The zero-order valence-corrected chi connectivity index (χ0v) is 16.0. The van der Waals surface area contributed by atoms with E-state index in [9.17, 15) is 9.90 Å². The second-order valence-corrected chi connectivity index (χ2v) is 6.42. The van der Waals surface area contributed by atoms with Crippen LogP contribution in [0.15, 0.2) is 44.4 Å². The van der Waals surface area contributed by atoms with Crippen LogP contribution in [0.4, 0.5) is 0 Å². The molecule has 0 spiro atoms. The number of hydrogen-bond donors (Lipinski definition) is 2. The molecule has 0 saturated carbocycles. The monoisotopic (exact) mass is 456 g/mol. The van der Waals surface area contributed by atoms with Crippen molar-refractivity contribution >= 4 is 44.0 Å². The topological polar surface area (TPSA) is 80.2 Å². The average molecular weight is 458 g/mol. The molecule has 0 heterocycles. The number of methoxy groups -OCH3 is 2. The number of aromatic hydroxyl groups is 1. The Bertz CT molecular complexity index is 794. The SMILES string of the molecule is COc1ccc(Br)cc1C(=O)N/N=C/c1cc(Br)cc(OC)c1O. The summed E-state index contributed by atoms with van der Waals surface area (Å²) in [6, 6.07) is 8.34. The molecule has 0 aliphatic rings. The number of amides is 1. The number of halogens is 2. The summed E-state index contributed by atoms with van der Waals surface area (Å²) in [5.74, 6) is 0.216. The predicted octanol–water partition coefficient (Wildman–Crippen LogP) is 3.70. The summed E-state index contributed by atoms with van der Waals surface area (Å²) < 4.78 is 11.7. The molecule has 2 rings (SSSR count). The third-order valence-electron chi connectivity index (χ3n) is 3.06. The Balaban J connectivity index is 2.19. The second kappa shape index (κ2) is 8.16. The van der Waals surface area contributed by atoms with Crippen LogP contribution in [0.1, 0.15) is 15.9 Å². The first-order valence-electron chi connectivity index (χ1n) is 6.69. The third-order valence-corrected chi connectivity index (χ3v) is 4.02. The van der Waals surface area contributed by atoms with Crippen molar-refractivity contribution in [2.75, 3.05) is 14.2 Å². The Morgan fingerprint density at radius 2 is 1.83 bits per heavy atom. The number of hydrazone groups is 1.